The van der Waals surface area contributed by atoms with Gasteiger partial charge in [-0.3, -0.25) is 4.79 Å². The van der Waals surface area contributed by atoms with Crippen molar-refractivity contribution in [3.8, 4) is 0 Å². The van der Waals surface area contributed by atoms with E-state index in [2.05, 4.69) is 0 Å². The van der Waals surface area contributed by atoms with Crippen molar-refractivity contribution in [1.82, 2.24) is 4.90 Å². The van der Waals surface area contributed by atoms with Gasteiger partial charge in [-0.15, -0.1) is 0 Å². The highest BCUT2D eigenvalue weighted by molar-refractivity contribution is 5.78. The fourth-order valence-electron chi connectivity index (χ4n) is 1.51. The number of nitrogens with two attached hydrogens (primary N) is 1. The monoisotopic (exact) mass is 222 g/mol. The lowest BCUT2D eigenvalue weighted by molar-refractivity contribution is -0.137. The molecule has 0 aliphatic heterocycles. The summed E-state index contributed by atoms with van der Waals surface area (Å²) in [6.45, 7) is 3.69. The van der Waals surface area contributed by atoms with E-state index in [4.69, 9.17) is 5.73 Å². The van der Waals surface area contributed by atoms with Crippen LogP contribution in [0.4, 0.5) is 8.78 Å². The Morgan fingerprint density at radius 3 is 2.20 bits per heavy atom. The first-order chi connectivity index (χ1) is 7.06. The van der Waals surface area contributed by atoms with Gasteiger partial charge in [-0.05, 0) is 12.8 Å². The summed E-state index contributed by atoms with van der Waals surface area (Å²) in [5.41, 5.74) is 5.29. The molecule has 0 spiro atoms. The van der Waals surface area contributed by atoms with E-state index in [0.29, 0.717) is 12.8 Å². The maximum atomic E-state index is 12.2. The summed E-state index contributed by atoms with van der Waals surface area (Å²) in [4.78, 5) is 12.9. The molecule has 15 heavy (non-hydrogen) atoms. The van der Waals surface area contributed by atoms with Gasteiger partial charge in [-0.1, -0.05) is 13.8 Å². The Hall–Kier alpha value is -0.710. The van der Waals surface area contributed by atoms with Crippen LogP contribution in [-0.2, 0) is 4.79 Å². The van der Waals surface area contributed by atoms with E-state index in [1.54, 1.807) is 0 Å². The standard InChI is InChI=1S/C10H20F2N2O/c1-3-8(4-2)10(15)14(6-5-13)7-9(11)12/h8-9H,3-7,13H2,1-2H3. The molecule has 0 saturated heterocycles. The molecular weight excluding hydrogens is 202 g/mol. The Kier molecular flexibility index (Phi) is 7.21. The average Bonchev–Trinajstić information content (AvgIpc) is 2.18. The summed E-state index contributed by atoms with van der Waals surface area (Å²) in [5.74, 6) is -0.360. The van der Waals surface area contributed by atoms with Crippen LogP contribution >= 0.6 is 0 Å². The van der Waals surface area contributed by atoms with E-state index in [1.165, 1.54) is 4.90 Å². The van der Waals surface area contributed by atoms with Crippen LogP contribution in [0.5, 0.6) is 0 Å². The number of nitrogens with zero attached hydrogens (tertiary/aromatic N) is 1. The summed E-state index contributed by atoms with van der Waals surface area (Å²) in [5, 5.41) is 0. The Labute approximate surface area is 89.6 Å². The Morgan fingerprint density at radius 1 is 1.33 bits per heavy atom. The highest BCUT2D eigenvalue weighted by Crippen LogP contribution is 2.12. The number of carbonyl (C=O) groups excluding carboxylic acids is 1. The van der Waals surface area contributed by atoms with Gasteiger partial charge in [0.25, 0.3) is 6.43 Å². The van der Waals surface area contributed by atoms with E-state index in [-0.39, 0.29) is 24.9 Å². The van der Waals surface area contributed by atoms with Gasteiger partial charge in [0.15, 0.2) is 0 Å². The van der Waals surface area contributed by atoms with Crippen LogP contribution in [0.2, 0.25) is 0 Å². The molecule has 0 aliphatic rings. The molecular formula is C10H20F2N2O. The summed E-state index contributed by atoms with van der Waals surface area (Å²) in [6, 6.07) is 0. The van der Waals surface area contributed by atoms with Crippen LogP contribution in [0, 0.1) is 5.92 Å². The summed E-state index contributed by atoms with van der Waals surface area (Å²) in [6.07, 6.45) is -1.13. The first-order valence-corrected chi connectivity index (χ1v) is 5.33. The number of carbonyl (C=O) groups is 1. The van der Waals surface area contributed by atoms with Crippen molar-refractivity contribution in [3.05, 3.63) is 0 Å². The molecule has 0 fully saturated rings. The van der Waals surface area contributed by atoms with Gasteiger partial charge >= 0.3 is 0 Å². The number of amides is 1. The normalized spacial score (nSPS) is 11.1. The Bertz CT molecular complexity index is 184. The SMILES string of the molecule is CCC(CC)C(=O)N(CCN)CC(F)F. The second-order valence-electron chi connectivity index (χ2n) is 3.48. The molecule has 2 N–H and O–H groups in total. The molecule has 0 saturated carbocycles. The van der Waals surface area contributed by atoms with Crippen LogP contribution in [0.3, 0.4) is 0 Å². The lowest BCUT2D eigenvalue weighted by Gasteiger charge is -2.25. The summed E-state index contributed by atoms with van der Waals surface area (Å²) in [7, 11) is 0. The molecule has 0 aliphatic carbocycles. The minimum Gasteiger partial charge on any atom is -0.335 e. The number of hydrogen-bond acceptors (Lipinski definition) is 2. The molecule has 0 aromatic heterocycles. The minimum absolute atomic E-state index is 0.157. The average molecular weight is 222 g/mol. The maximum absolute atomic E-state index is 12.2. The second kappa shape index (κ2) is 7.56. The quantitative estimate of drug-likeness (QED) is 0.709. The van der Waals surface area contributed by atoms with Crippen molar-refractivity contribution < 1.29 is 13.6 Å². The lowest BCUT2D eigenvalue weighted by atomic mass is 10.0. The molecule has 0 unspecified atom stereocenters. The molecule has 5 heteroatoms. The maximum Gasteiger partial charge on any atom is 0.255 e. The molecule has 90 valence electrons. The van der Waals surface area contributed by atoms with Gasteiger partial charge in [-0.2, -0.15) is 0 Å². The molecule has 0 aromatic carbocycles. The van der Waals surface area contributed by atoms with Gasteiger partial charge in [0.2, 0.25) is 5.91 Å². The Balaban J connectivity index is 4.38. The molecule has 0 heterocycles. The molecule has 0 rings (SSSR count). The van der Waals surface area contributed by atoms with E-state index in [0.717, 1.165) is 0 Å². The fraction of sp³-hybridized carbons (Fsp3) is 0.900. The van der Waals surface area contributed by atoms with Crippen molar-refractivity contribution in [2.24, 2.45) is 11.7 Å². The zero-order valence-electron chi connectivity index (χ0n) is 9.38. The largest absolute Gasteiger partial charge is 0.335 e. The number of alkyl halides is 2. The van der Waals surface area contributed by atoms with Crippen molar-refractivity contribution >= 4 is 5.91 Å². The predicted octanol–water partition coefficient (Wildman–Crippen LogP) is 1.48. The van der Waals surface area contributed by atoms with Gasteiger partial charge in [0.1, 0.15) is 0 Å². The van der Waals surface area contributed by atoms with Crippen LogP contribution < -0.4 is 5.73 Å². The number of hydrogen-bond donors (Lipinski definition) is 1. The van der Waals surface area contributed by atoms with Crippen LogP contribution in [0.1, 0.15) is 26.7 Å². The van der Waals surface area contributed by atoms with Crippen LogP contribution in [0.15, 0.2) is 0 Å². The molecule has 1 amide bonds. The Morgan fingerprint density at radius 2 is 1.87 bits per heavy atom. The highest BCUT2D eigenvalue weighted by atomic mass is 19.3. The topological polar surface area (TPSA) is 46.3 Å². The predicted molar refractivity (Wildman–Crippen MR) is 55.7 cm³/mol. The third kappa shape index (κ3) is 5.06. The zero-order chi connectivity index (χ0) is 11.8. The fourth-order valence-corrected chi connectivity index (χ4v) is 1.51. The molecule has 3 nitrogen and oxygen atoms in total. The van der Waals surface area contributed by atoms with E-state index in [9.17, 15) is 13.6 Å². The lowest BCUT2D eigenvalue weighted by Crippen LogP contribution is -2.41. The molecule has 0 bridgehead atoms. The first-order valence-electron chi connectivity index (χ1n) is 5.33. The van der Waals surface area contributed by atoms with Crippen LogP contribution in [0.25, 0.3) is 0 Å². The summed E-state index contributed by atoms with van der Waals surface area (Å²) >= 11 is 0. The van der Waals surface area contributed by atoms with Crippen molar-refractivity contribution in [2.75, 3.05) is 19.6 Å². The van der Waals surface area contributed by atoms with Gasteiger partial charge in [0, 0.05) is 19.0 Å². The third-order valence-corrected chi connectivity index (χ3v) is 2.40. The van der Waals surface area contributed by atoms with E-state index >= 15 is 0 Å². The smallest absolute Gasteiger partial charge is 0.255 e. The first kappa shape index (κ1) is 14.3. The van der Waals surface area contributed by atoms with Crippen molar-refractivity contribution in [1.29, 1.82) is 0 Å². The molecule has 0 atom stereocenters. The van der Waals surface area contributed by atoms with Crippen LogP contribution in [-0.4, -0.2) is 36.9 Å². The van der Waals surface area contributed by atoms with E-state index in [1.807, 2.05) is 13.8 Å². The van der Waals surface area contributed by atoms with Crippen molar-refractivity contribution in [3.63, 3.8) is 0 Å². The molecule has 0 radical (unpaired) electrons. The van der Waals surface area contributed by atoms with E-state index < -0.39 is 13.0 Å². The van der Waals surface area contributed by atoms with Crippen molar-refractivity contribution in [2.45, 2.75) is 33.1 Å². The number of halogens is 2. The highest BCUT2D eigenvalue weighted by Gasteiger charge is 2.23. The minimum atomic E-state index is -2.49. The molecule has 0 aromatic rings. The third-order valence-electron chi connectivity index (χ3n) is 2.40. The number of rotatable bonds is 7. The second-order valence-corrected chi connectivity index (χ2v) is 3.48. The zero-order valence-corrected chi connectivity index (χ0v) is 9.38. The van der Waals surface area contributed by atoms with Gasteiger partial charge in [0.05, 0.1) is 6.54 Å². The van der Waals surface area contributed by atoms with Gasteiger partial charge < -0.3 is 10.6 Å². The summed E-state index contributed by atoms with van der Waals surface area (Å²) < 4.78 is 24.4. The van der Waals surface area contributed by atoms with Gasteiger partial charge in [-0.25, -0.2) is 8.78 Å².